The Bertz CT molecular complexity index is 460. The number of aromatic nitrogens is 3. The summed E-state index contributed by atoms with van der Waals surface area (Å²) in [6.07, 6.45) is 2.54. The molecule has 2 aromatic heterocycles. The van der Waals surface area contributed by atoms with Crippen LogP contribution in [-0.2, 0) is 11.2 Å². The van der Waals surface area contributed by atoms with Gasteiger partial charge in [0.05, 0.1) is 18.9 Å². The van der Waals surface area contributed by atoms with E-state index in [9.17, 15) is 0 Å². The second kappa shape index (κ2) is 4.68. The molecule has 6 heteroatoms. The molecular formula is C11H14N4O2. The molecule has 2 aromatic rings. The van der Waals surface area contributed by atoms with Gasteiger partial charge in [-0.3, -0.25) is 0 Å². The number of nitrogens with one attached hydrogen (secondary N) is 2. The summed E-state index contributed by atoms with van der Waals surface area (Å²) >= 11 is 0. The number of hydrogen-bond donors (Lipinski definition) is 2. The van der Waals surface area contributed by atoms with Crippen molar-refractivity contribution in [1.82, 2.24) is 20.4 Å². The molecule has 0 aromatic carbocycles. The van der Waals surface area contributed by atoms with Crippen molar-refractivity contribution in [2.24, 2.45) is 0 Å². The van der Waals surface area contributed by atoms with Crippen LogP contribution in [0.15, 0.2) is 22.9 Å². The van der Waals surface area contributed by atoms with Crippen molar-refractivity contribution in [3.8, 4) is 11.5 Å². The molecule has 0 radical (unpaired) electrons. The van der Waals surface area contributed by atoms with Gasteiger partial charge in [0.15, 0.2) is 0 Å². The number of rotatable bonds is 3. The van der Waals surface area contributed by atoms with Crippen LogP contribution in [0, 0.1) is 0 Å². The zero-order valence-corrected chi connectivity index (χ0v) is 9.35. The second-order valence-corrected chi connectivity index (χ2v) is 4.03. The van der Waals surface area contributed by atoms with Gasteiger partial charge >= 0.3 is 0 Å². The summed E-state index contributed by atoms with van der Waals surface area (Å²) in [4.78, 5) is 7.39. The minimum atomic E-state index is 0.265. The maximum Gasteiger partial charge on any atom is 0.228 e. The van der Waals surface area contributed by atoms with Crippen LogP contribution >= 0.6 is 0 Å². The van der Waals surface area contributed by atoms with Crippen LogP contribution in [0.25, 0.3) is 11.5 Å². The molecule has 17 heavy (non-hydrogen) atoms. The van der Waals surface area contributed by atoms with Crippen molar-refractivity contribution < 1.29 is 9.26 Å². The minimum absolute atomic E-state index is 0.265. The van der Waals surface area contributed by atoms with Gasteiger partial charge in [-0.1, -0.05) is 5.16 Å². The van der Waals surface area contributed by atoms with Crippen LogP contribution in [-0.4, -0.2) is 40.9 Å². The maximum absolute atomic E-state index is 5.37. The molecule has 0 aliphatic carbocycles. The molecule has 1 unspecified atom stereocenters. The number of aromatic amines is 1. The van der Waals surface area contributed by atoms with Crippen molar-refractivity contribution in [2.75, 3.05) is 19.8 Å². The van der Waals surface area contributed by atoms with E-state index in [4.69, 9.17) is 9.26 Å². The first-order chi connectivity index (χ1) is 8.42. The summed E-state index contributed by atoms with van der Waals surface area (Å²) in [6, 6.07) is 4.08. The highest BCUT2D eigenvalue weighted by atomic mass is 16.5. The van der Waals surface area contributed by atoms with Crippen LogP contribution < -0.4 is 5.32 Å². The lowest BCUT2D eigenvalue weighted by molar-refractivity contribution is 0.0744. The van der Waals surface area contributed by atoms with Gasteiger partial charge in [-0.2, -0.15) is 4.98 Å². The lowest BCUT2D eigenvalue weighted by atomic mass is 10.2. The quantitative estimate of drug-likeness (QED) is 0.813. The Kier molecular flexibility index (Phi) is 2.89. The fourth-order valence-electron chi connectivity index (χ4n) is 1.88. The van der Waals surface area contributed by atoms with Crippen LogP contribution in [0.2, 0.25) is 0 Å². The molecule has 0 amide bonds. The average Bonchev–Trinajstić information content (AvgIpc) is 3.00. The molecule has 3 rings (SSSR count). The van der Waals surface area contributed by atoms with Crippen LogP contribution in [0.1, 0.15) is 5.89 Å². The van der Waals surface area contributed by atoms with Gasteiger partial charge in [0, 0.05) is 25.2 Å². The van der Waals surface area contributed by atoms with Crippen molar-refractivity contribution in [2.45, 2.75) is 12.5 Å². The first kappa shape index (κ1) is 10.5. The summed E-state index contributed by atoms with van der Waals surface area (Å²) in [5, 5.41) is 7.29. The highest BCUT2D eigenvalue weighted by Crippen LogP contribution is 2.13. The Hall–Kier alpha value is -1.66. The Morgan fingerprint density at radius 2 is 2.47 bits per heavy atom. The third-order valence-electron chi connectivity index (χ3n) is 2.73. The molecule has 1 atom stereocenters. The zero-order valence-electron chi connectivity index (χ0n) is 9.35. The maximum atomic E-state index is 5.37. The van der Waals surface area contributed by atoms with Crippen molar-refractivity contribution in [3.63, 3.8) is 0 Å². The van der Waals surface area contributed by atoms with Crippen LogP contribution in [0.4, 0.5) is 0 Å². The molecule has 90 valence electrons. The number of morpholine rings is 1. The lowest BCUT2D eigenvalue weighted by Crippen LogP contribution is -2.42. The topological polar surface area (TPSA) is 76.0 Å². The van der Waals surface area contributed by atoms with Crippen molar-refractivity contribution >= 4 is 0 Å². The van der Waals surface area contributed by atoms with Crippen molar-refractivity contribution in [3.05, 3.63) is 24.2 Å². The van der Waals surface area contributed by atoms with Crippen LogP contribution in [0.3, 0.4) is 0 Å². The number of H-pyrrole nitrogens is 1. The first-order valence-electron chi connectivity index (χ1n) is 5.69. The first-order valence-corrected chi connectivity index (χ1v) is 5.69. The molecule has 2 N–H and O–H groups in total. The normalized spacial score (nSPS) is 20.6. The predicted octanol–water partition coefficient (Wildman–Crippen LogP) is 0.596. The zero-order chi connectivity index (χ0) is 11.5. The Morgan fingerprint density at radius 1 is 1.47 bits per heavy atom. The highest BCUT2D eigenvalue weighted by molar-refractivity contribution is 5.47. The van der Waals surface area contributed by atoms with Gasteiger partial charge < -0.3 is 19.6 Å². The van der Waals surface area contributed by atoms with E-state index in [2.05, 4.69) is 20.4 Å². The summed E-state index contributed by atoms with van der Waals surface area (Å²) in [5.41, 5.74) is 0.868. The molecule has 6 nitrogen and oxygen atoms in total. The van der Waals surface area contributed by atoms with E-state index in [0.717, 1.165) is 18.8 Å². The monoisotopic (exact) mass is 234 g/mol. The van der Waals surface area contributed by atoms with E-state index in [1.54, 1.807) is 0 Å². The smallest absolute Gasteiger partial charge is 0.228 e. The van der Waals surface area contributed by atoms with E-state index in [-0.39, 0.29) is 6.04 Å². The molecule has 0 spiro atoms. The van der Waals surface area contributed by atoms with Gasteiger partial charge in [-0.15, -0.1) is 0 Å². The van der Waals surface area contributed by atoms with Gasteiger partial charge in [0.1, 0.15) is 0 Å². The van der Waals surface area contributed by atoms with E-state index >= 15 is 0 Å². The van der Waals surface area contributed by atoms with E-state index in [0.29, 0.717) is 24.7 Å². The summed E-state index contributed by atoms with van der Waals surface area (Å²) < 4.78 is 10.6. The molecular weight excluding hydrogens is 220 g/mol. The summed E-state index contributed by atoms with van der Waals surface area (Å²) in [6.45, 7) is 2.34. The summed E-state index contributed by atoms with van der Waals surface area (Å²) in [5.74, 6) is 1.24. The SMILES string of the molecule is c1c[nH]c(-c2noc(CC3COCCN3)n2)c1. The average molecular weight is 234 g/mol. The van der Waals surface area contributed by atoms with Gasteiger partial charge in [0.2, 0.25) is 11.7 Å². The fourth-order valence-corrected chi connectivity index (χ4v) is 1.88. The molecule has 1 saturated heterocycles. The molecule has 0 bridgehead atoms. The van der Waals surface area contributed by atoms with E-state index in [1.807, 2.05) is 18.3 Å². The second-order valence-electron chi connectivity index (χ2n) is 4.03. The number of nitrogens with zero attached hydrogens (tertiary/aromatic N) is 2. The summed E-state index contributed by atoms with van der Waals surface area (Å²) in [7, 11) is 0. The fraction of sp³-hybridized carbons (Fsp3) is 0.455. The Balaban J connectivity index is 1.68. The van der Waals surface area contributed by atoms with Gasteiger partial charge in [-0.05, 0) is 12.1 Å². The lowest BCUT2D eigenvalue weighted by Gasteiger charge is -2.22. The Morgan fingerprint density at radius 3 is 3.24 bits per heavy atom. The third-order valence-corrected chi connectivity index (χ3v) is 2.73. The highest BCUT2D eigenvalue weighted by Gasteiger charge is 2.17. The molecule has 0 saturated carbocycles. The predicted molar refractivity (Wildman–Crippen MR) is 60.4 cm³/mol. The third kappa shape index (κ3) is 2.37. The van der Waals surface area contributed by atoms with Gasteiger partial charge in [0.25, 0.3) is 0 Å². The minimum Gasteiger partial charge on any atom is -0.378 e. The standard InChI is InChI=1S/C11H14N4O2/c1-2-9(13-3-1)11-14-10(17-15-11)6-8-7-16-5-4-12-8/h1-3,8,12-13H,4-7H2. The molecule has 1 fully saturated rings. The van der Waals surface area contributed by atoms with Crippen LogP contribution in [0.5, 0.6) is 0 Å². The number of ether oxygens (including phenoxy) is 1. The molecule has 1 aliphatic rings. The Labute approximate surface area is 98.4 Å². The molecule has 3 heterocycles. The van der Waals surface area contributed by atoms with Gasteiger partial charge in [-0.25, -0.2) is 0 Å². The largest absolute Gasteiger partial charge is 0.378 e. The van der Waals surface area contributed by atoms with E-state index in [1.165, 1.54) is 0 Å². The number of hydrogen-bond acceptors (Lipinski definition) is 5. The molecule has 1 aliphatic heterocycles. The van der Waals surface area contributed by atoms with E-state index < -0.39 is 0 Å². The van der Waals surface area contributed by atoms with Crippen molar-refractivity contribution in [1.29, 1.82) is 0 Å².